The van der Waals surface area contributed by atoms with Gasteiger partial charge in [-0.15, -0.1) is 0 Å². The van der Waals surface area contributed by atoms with Gasteiger partial charge in [0.1, 0.15) is 5.54 Å². The quantitative estimate of drug-likeness (QED) is 0.715. The fourth-order valence-corrected chi connectivity index (χ4v) is 2.85. The number of hydrogen-bond acceptors (Lipinski definition) is 2. The predicted molar refractivity (Wildman–Crippen MR) is 62.3 cm³/mol. The molecule has 1 saturated carbocycles. The van der Waals surface area contributed by atoms with Gasteiger partial charge in [-0.2, -0.15) is 0 Å². The van der Waals surface area contributed by atoms with E-state index in [0.29, 0.717) is 0 Å². The molecule has 17 heavy (non-hydrogen) atoms. The Morgan fingerprint density at radius 1 is 1.24 bits per heavy atom. The molecule has 2 amide bonds. The number of hydrazine groups is 1. The minimum Gasteiger partial charge on any atom is -0.464 e. The van der Waals surface area contributed by atoms with Crippen LogP contribution in [0.2, 0.25) is 0 Å². The Labute approximate surface area is 101 Å². The maximum absolute atomic E-state index is 12.0. The molecule has 2 fully saturated rings. The third-order valence-electron chi connectivity index (χ3n) is 3.83. The maximum Gasteiger partial charge on any atom is 0.427 e. The van der Waals surface area contributed by atoms with E-state index in [2.05, 4.69) is 0 Å². The Kier molecular flexibility index (Phi) is 3.02. The smallest absolute Gasteiger partial charge is 0.427 e. The van der Waals surface area contributed by atoms with Gasteiger partial charge in [0, 0.05) is 0 Å². The monoisotopic (exact) mass is 240 g/mol. The Morgan fingerprint density at radius 2 is 1.76 bits per heavy atom. The Morgan fingerprint density at radius 3 is 2.24 bits per heavy atom. The zero-order valence-corrected chi connectivity index (χ0v) is 10.5. The lowest BCUT2D eigenvalue weighted by atomic mass is 9.94. The van der Waals surface area contributed by atoms with Crippen molar-refractivity contribution in [2.75, 3.05) is 0 Å². The predicted octanol–water partition coefficient (Wildman–Crippen LogP) is 2.23. The van der Waals surface area contributed by atoms with Gasteiger partial charge in [-0.05, 0) is 26.7 Å². The number of hydrogen-bond donors (Lipinski definition) is 1. The molecule has 0 bridgehead atoms. The minimum absolute atomic E-state index is 0.0631. The number of amides is 2. The molecule has 96 valence electrons. The Hall–Kier alpha value is -1.26. The van der Waals surface area contributed by atoms with Gasteiger partial charge >= 0.3 is 6.09 Å². The minimum atomic E-state index is -1.03. The molecule has 0 atom stereocenters. The number of rotatable bonds is 1. The second-order valence-electron chi connectivity index (χ2n) is 5.45. The lowest BCUT2D eigenvalue weighted by molar-refractivity contribution is -0.212. The van der Waals surface area contributed by atoms with Crippen molar-refractivity contribution in [2.45, 2.75) is 64.0 Å². The molecule has 1 aliphatic heterocycles. The summed E-state index contributed by atoms with van der Waals surface area (Å²) in [7, 11) is 0. The molecule has 5 heteroatoms. The van der Waals surface area contributed by atoms with Crippen molar-refractivity contribution in [2.24, 2.45) is 0 Å². The van der Waals surface area contributed by atoms with E-state index in [1.54, 1.807) is 13.8 Å². The second kappa shape index (κ2) is 4.20. The van der Waals surface area contributed by atoms with Crippen molar-refractivity contribution in [3.8, 4) is 0 Å². The summed E-state index contributed by atoms with van der Waals surface area (Å²) < 4.78 is 0. The van der Waals surface area contributed by atoms with Gasteiger partial charge < -0.3 is 5.11 Å². The van der Waals surface area contributed by atoms with E-state index in [-0.39, 0.29) is 11.9 Å². The van der Waals surface area contributed by atoms with Crippen LogP contribution in [-0.4, -0.2) is 38.7 Å². The summed E-state index contributed by atoms with van der Waals surface area (Å²) in [6.07, 6.45) is 5.37. The van der Waals surface area contributed by atoms with Crippen molar-refractivity contribution in [1.82, 2.24) is 10.0 Å². The zero-order chi connectivity index (χ0) is 12.6. The number of carbonyl (C=O) groups is 2. The highest BCUT2D eigenvalue weighted by atomic mass is 16.4. The SMILES string of the molecule is CC1(C)C(=O)N(C2CCCCCC2)N1C(=O)O. The fraction of sp³-hybridized carbons (Fsp3) is 0.833. The average Bonchev–Trinajstić information content (AvgIpc) is 2.52. The summed E-state index contributed by atoms with van der Waals surface area (Å²) >= 11 is 0. The first kappa shape index (κ1) is 12.2. The molecule has 0 aromatic heterocycles. The zero-order valence-electron chi connectivity index (χ0n) is 10.5. The first-order valence-electron chi connectivity index (χ1n) is 6.33. The molecule has 0 aromatic carbocycles. The molecule has 0 spiro atoms. The van der Waals surface area contributed by atoms with Crippen LogP contribution in [-0.2, 0) is 4.79 Å². The summed E-state index contributed by atoms with van der Waals surface area (Å²) in [5.41, 5.74) is -0.891. The summed E-state index contributed by atoms with van der Waals surface area (Å²) in [4.78, 5) is 23.2. The van der Waals surface area contributed by atoms with Gasteiger partial charge in [0.2, 0.25) is 0 Å². The van der Waals surface area contributed by atoms with Crippen LogP contribution < -0.4 is 0 Å². The maximum atomic E-state index is 12.0. The topological polar surface area (TPSA) is 60.9 Å². The van der Waals surface area contributed by atoms with Crippen molar-refractivity contribution < 1.29 is 14.7 Å². The van der Waals surface area contributed by atoms with Crippen molar-refractivity contribution in [1.29, 1.82) is 0 Å². The molecule has 1 N–H and O–H groups in total. The lowest BCUT2D eigenvalue weighted by Crippen LogP contribution is -2.78. The molecule has 5 nitrogen and oxygen atoms in total. The molecule has 1 saturated heterocycles. The van der Waals surface area contributed by atoms with E-state index in [0.717, 1.165) is 25.7 Å². The molecule has 2 aliphatic rings. The summed E-state index contributed by atoms with van der Waals surface area (Å²) in [6, 6.07) is 0.0779. The second-order valence-corrected chi connectivity index (χ2v) is 5.45. The fourth-order valence-electron chi connectivity index (χ4n) is 2.85. The molecule has 0 radical (unpaired) electrons. The standard InChI is InChI=1S/C12H20N2O3/c1-12(2)10(15)13(14(12)11(16)17)9-7-5-3-4-6-8-9/h9H,3-8H2,1-2H3,(H,16,17). The van der Waals surface area contributed by atoms with Gasteiger partial charge in [0.25, 0.3) is 5.91 Å². The normalized spacial score (nSPS) is 25.4. The van der Waals surface area contributed by atoms with Gasteiger partial charge in [0.15, 0.2) is 0 Å². The van der Waals surface area contributed by atoms with Crippen LogP contribution >= 0.6 is 0 Å². The van der Waals surface area contributed by atoms with E-state index in [4.69, 9.17) is 0 Å². The van der Waals surface area contributed by atoms with Crippen LogP contribution in [0.15, 0.2) is 0 Å². The van der Waals surface area contributed by atoms with Crippen LogP contribution in [0.25, 0.3) is 0 Å². The molecule has 0 aromatic rings. The van der Waals surface area contributed by atoms with Crippen LogP contribution in [0.5, 0.6) is 0 Å². The van der Waals surface area contributed by atoms with Crippen LogP contribution in [0.4, 0.5) is 4.79 Å². The highest BCUT2D eigenvalue weighted by Gasteiger charge is 2.57. The largest absolute Gasteiger partial charge is 0.464 e. The van der Waals surface area contributed by atoms with Gasteiger partial charge in [-0.1, -0.05) is 25.7 Å². The van der Waals surface area contributed by atoms with Crippen molar-refractivity contribution in [3.05, 3.63) is 0 Å². The van der Waals surface area contributed by atoms with E-state index in [9.17, 15) is 14.7 Å². The van der Waals surface area contributed by atoms with E-state index < -0.39 is 11.6 Å². The van der Waals surface area contributed by atoms with Crippen molar-refractivity contribution in [3.63, 3.8) is 0 Å². The van der Waals surface area contributed by atoms with Crippen LogP contribution in [0.3, 0.4) is 0 Å². The molecular formula is C12H20N2O3. The number of carbonyl (C=O) groups excluding carboxylic acids is 1. The highest BCUT2D eigenvalue weighted by molar-refractivity contribution is 5.96. The Balaban J connectivity index is 2.14. The van der Waals surface area contributed by atoms with E-state index in [1.165, 1.54) is 22.9 Å². The molecular weight excluding hydrogens is 220 g/mol. The first-order valence-corrected chi connectivity index (χ1v) is 6.33. The molecule has 0 unspecified atom stereocenters. The van der Waals surface area contributed by atoms with Gasteiger partial charge in [0.05, 0.1) is 6.04 Å². The van der Waals surface area contributed by atoms with Gasteiger partial charge in [-0.25, -0.2) is 14.8 Å². The molecule has 2 rings (SSSR count). The van der Waals surface area contributed by atoms with E-state index >= 15 is 0 Å². The van der Waals surface area contributed by atoms with Gasteiger partial charge in [-0.3, -0.25) is 4.79 Å². The van der Waals surface area contributed by atoms with Crippen molar-refractivity contribution >= 4 is 12.0 Å². The average molecular weight is 240 g/mol. The lowest BCUT2D eigenvalue weighted by Gasteiger charge is -2.56. The first-order chi connectivity index (χ1) is 7.96. The van der Waals surface area contributed by atoms with E-state index in [1.807, 2.05) is 0 Å². The molecule has 1 aliphatic carbocycles. The summed E-state index contributed by atoms with van der Waals surface area (Å²) in [5.74, 6) is -0.0631. The molecule has 1 heterocycles. The number of nitrogens with zero attached hydrogens (tertiary/aromatic N) is 2. The summed E-state index contributed by atoms with van der Waals surface area (Å²) in [5, 5.41) is 11.9. The third kappa shape index (κ3) is 1.87. The third-order valence-corrected chi connectivity index (χ3v) is 3.83. The Bertz CT molecular complexity index is 333. The number of carboxylic acid groups (broad SMARTS) is 1. The van der Waals surface area contributed by atoms with Crippen LogP contribution in [0.1, 0.15) is 52.4 Å². The highest BCUT2D eigenvalue weighted by Crippen LogP contribution is 2.36. The van der Waals surface area contributed by atoms with Crippen LogP contribution in [0, 0.1) is 0 Å². The summed E-state index contributed by atoms with van der Waals surface area (Å²) in [6.45, 7) is 3.33.